The van der Waals surface area contributed by atoms with Gasteiger partial charge in [0.25, 0.3) is 11.7 Å². The number of aromatic amines is 1. The van der Waals surface area contributed by atoms with Crippen molar-refractivity contribution < 1.29 is 14.7 Å². The summed E-state index contributed by atoms with van der Waals surface area (Å²) in [6.45, 7) is 2.99. The van der Waals surface area contributed by atoms with E-state index in [1.165, 1.54) is 11.3 Å². The van der Waals surface area contributed by atoms with Gasteiger partial charge in [-0.1, -0.05) is 18.2 Å². The molecule has 1 aliphatic heterocycles. The fourth-order valence-corrected chi connectivity index (χ4v) is 4.81. The number of hydrogen-bond acceptors (Lipinski definition) is 5. The van der Waals surface area contributed by atoms with Gasteiger partial charge in [0, 0.05) is 40.6 Å². The number of Topliss-reactive ketones (excluding diaryl/α,β-unsaturated/α-hetero) is 1. The van der Waals surface area contributed by atoms with E-state index in [0.717, 1.165) is 21.3 Å². The standard InChI is InChI=1S/C22H23N3O3S/c1-13-8-11-29-21(13)18-17(20(27)22(28)25(18)10-9-24(2)3)19(26)15-12-23-16-7-5-4-6-14(15)16/h4-8,11-12,18,23,26H,9-10H2,1-3H3/b19-17+. The number of likely N-dealkylation sites (N-methyl/N-ethyl adjacent to an activating group) is 1. The molecule has 0 aliphatic carbocycles. The Morgan fingerprint density at radius 1 is 1.24 bits per heavy atom. The van der Waals surface area contributed by atoms with Crippen LogP contribution in [0.25, 0.3) is 16.7 Å². The average Bonchev–Trinajstić information content (AvgIpc) is 3.37. The number of H-pyrrole nitrogens is 1. The molecule has 1 fully saturated rings. The number of ketones is 1. The number of carbonyl (C=O) groups excluding carboxylic acids is 2. The highest BCUT2D eigenvalue weighted by Gasteiger charge is 2.47. The van der Waals surface area contributed by atoms with E-state index in [-0.39, 0.29) is 11.3 Å². The summed E-state index contributed by atoms with van der Waals surface area (Å²) in [5, 5.41) is 14.0. The molecule has 1 saturated heterocycles. The van der Waals surface area contributed by atoms with Crippen LogP contribution in [0.15, 0.2) is 47.5 Å². The molecule has 1 atom stereocenters. The summed E-state index contributed by atoms with van der Waals surface area (Å²) >= 11 is 1.50. The third-order valence-corrected chi connectivity index (χ3v) is 6.39. The second-order valence-corrected chi connectivity index (χ2v) is 8.46. The number of likely N-dealkylation sites (tertiary alicyclic amines) is 1. The average molecular weight is 410 g/mol. The summed E-state index contributed by atoms with van der Waals surface area (Å²) in [4.78, 5) is 33.5. The Morgan fingerprint density at radius 2 is 2.00 bits per heavy atom. The van der Waals surface area contributed by atoms with E-state index in [4.69, 9.17) is 0 Å². The maximum Gasteiger partial charge on any atom is 0.295 e. The third-order valence-electron chi connectivity index (χ3n) is 5.32. The number of aliphatic hydroxyl groups is 1. The zero-order chi connectivity index (χ0) is 20.7. The number of fused-ring (bicyclic) bond motifs is 1. The lowest BCUT2D eigenvalue weighted by Gasteiger charge is -2.26. The molecule has 6 nitrogen and oxygen atoms in total. The zero-order valence-electron chi connectivity index (χ0n) is 16.6. The van der Waals surface area contributed by atoms with Crippen molar-refractivity contribution >= 4 is 39.7 Å². The summed E-state index contributed by atoms with van der Waals surface area (Å²) in [5.74, 6) is -1.33. The molecule has 7 heteroatoms. The van der Waals surface area contributed by atoms with Crippen molar-refractivity contribution in [3.05, 3.63) is 63.5 Å². The molecule has 150 valence electrons. The predicted octanol–water partition coefficient (Wildman–Crippen LogP) is 3.52. The van der Waals surface area contributed by atoms with Gasteiger partial charge in [-0.05, 0) is 44.1 Å². The number of para-hydroxylation sites is 1. The first kappa shape index (κ1) is 19.4. The van der Waals surface area contributed by atoms with E-state index in [2.05, 4.69) is 4.98 Å². The summed E-state index contributed by atoms with van der Waals surface area (Å²) in [6.07, 6.45) is 1.69. The monoisotopic (exact) mass is 409 g/mol. The van der Waals surface area contributed by atoms with Gasteiger partial charge in [0.15, 0.2) is 0 Å². The van der Waals surface area contributed by atoms with Gasteiger partial charge in [-0.3, -0.25) is 9.59 Å². The SMILES string of the molecule is Cc1ccsc1C1/C(=C(\O)c2c[nH]c3ccccc23)C(=O)C(=O)N1CCN(C)C. The Kier molecular flexibility index (Phi) is 5.02. The number of amides is 1. The fraction of sp³-hybridized carbons (Fsp3) is 0.273. The molecule has 0 saturated carbocycles. The van der Waals surface area contributed by atoms with E-state index in [9.17, 15) is 14.7 Å². The van der Waals surface area contributed by atoms with Gasteiger partial charge in [0.05, 0.1) is 11.6 Å². The highest BCUT2D eigenvalue weighted by molar-refractivity contribution is 7.10. The summed E-state index contributed by atoms with van der Waals surface area (Å²) < 4.78 is 0. The van der Waals surface area contributed by atoms with E-state index in [0.29, 0.717) is 18.7 Å². The van der Waals surface area contributed by atoms with E-state index >= 15 is 0 Å². The molecule has 3 aromatic rings. The highest BCUT2D eigenvalue weighted by Crippen LogP contribution is 2.43. The molecule has 0 bridgehead atoms. The minimum absolute atomic E-state index is 0.133. The Labute approximate surface area is 173 Å². The third kappa shape index (κ3) is 3.26. The van der Waals surface area contributed by atoms with Crippen LogP contribution in [-0.4, -0.2) is 58.8 Å². The van der Waals surface area contributed by atoms with Gasteiger partial charge in [-0.25, -0.2) is 0 Å². The van der Waals surface area contributed by atoms with Crippen molar-refractivity contribution in [3.8, 4) is 0 Å². The topological polar surface area (TPSA) is 76.6 Å². The van der Waals surface area contributed by atoms with Gasteiger partial charge < -0.3 is 19.9 Å². The molecular formula is C22H23N3O3S. The number of hydrogen-bond donors (Lipinski definition) is 2. The Balaban J connectivity index is 1.89. The van der Waals surface area contributed by atoms with Gasteiger partial charge in [0.1, 0.15) is 5.76 Å². The number of benzene rings is 1. The number of aromatic nitrogens is 1. The van der Waals surface area contributed by atoms with Crippen LogP contribution in [0.2, 0.25) is 0 Å². The first-order chi connectivity index (χ1) is 13.9. The van der Waals surface area contributed by atoms with Gasteiger partial charge >= 0.3 is 0 Å². The quantitative estimate of drug-likeness (QED) is 0.384. The predicted molar refractivity (Wildman–Crippen MR) is 115 cm³/mol. The molecule has 1 aliphatic rings. The molecule has 3 heterocycles. The van der Waals surface area contributed by atoms with E-state index < -0.39 is 17.7 Å². The van der Waals surface area contributed by atoms with Crippen LogP contribution in [-0.2, 0) is 9.59 Å². The van der Waals surface area contributed by atoms with Crippen LogP contribution >= 0.6 is 11.3 Å². The molecule has 1 unspecified atom stereocenters. The van der Waals surface area contributed by atoms with Gasteiger partial charge in [-0.15, -0.1) is 11.3 Å². The van der Waals surface area contributed by atoms with Crippen LogP contribution in [0.1, 0.15) is 22.0 Å². The first-order valence-electron chi connectivity index (χ1n) is 9.43. The maximum atomic E-state index is 13.0. The van der Waals surface area contributed by atoms with Crippen LogP contribution < -0.4 is 0 Å². The smallest absolute Gasteiger partial charge is 0.295 e. The molecule has 29 heavy (non-hydrogen) atoms. The van der Waals surface area contributed by atoms with Crippen molar-refractivity contribution in [1.82, 2.24) is 14.8 Å². The van der Waals surface area contributed by atoms with Crippen LogP contribution in [0.4, 0.5) is 0 Å². The molecule has 1 aromatic carbocycles. The highest BCUT2D eigenvalue weighted by atomic mass is 32.1. The lowest BCUT2D eigenvalue weighted by atomic mass is 9.98. The van der Waals surface area contributed by atoms with Crippen molar-refractivity contribution in [3.63, 3.8) is 0 Å². The molecule has 1 amide bonds. The van der Waals surface area contributed by atoms with Crippen molar-refractivity contribution in [2.75, 3.05) is 27.2 Å². The van der Waals surface area contributed by atoms with Crippen molar-refractivity contribution in [2.45, 2.75) is 13.0 Å². The van der Waals surface area contributed by atoms with E-state index in [1.807, 2.05) is 61.6 Å². The fourth-order valence-electron chi connectivity index (χ4n) is 3.77. The largest absolute Gasteiger partial charge is 0.507 e. The number of aliphatic hydroxyl groups excluding tert-OH is 1. The number of nitrogens with one attached hydrogen (secondary N) is 1. The number of aryl methyl sites for hydroxylation is 1. The molecular weight excluding hydrogens is 386 g/mol. The molecule has 4 rings (SSSR count). The van der Waals surface area contributed by atoms with Crippen LogP contribution in [0.3, 0.4) is 0 Å². The Hall–Kier alpha value is -2.90. The second kappa shape index (κ2) is 7.50. The van der Waals surface area contributed by atoms with Crippen LogP contribution in [0, 0.1) is 6.92 Å². The zero-order valence-corrected chi connectivity index (χ0v) is 17.4. The molecule has 0 spiro atoms. The van der Waals surface area contributed by atoms with Gasteiger partial charge in [-0.2, -0.15) is 0 Å². The van der Waals surface area contributed by atoms with Gasteiger partial charge in [0.2, 0.25) is 0 Å². The van der Waals surface area contributed by atoms with Crippen molar-refractivity contribution in [1.29, 1.82) is 0 Å². The Morgan fingerprint density at radius 3 is 2.69 bits per heavy atom. The van der Waals surface area contributed by atoms with Crippen molar-refractivity contribution in [2.24, 2.45) is 0 Å². The summed E-state index contributed by atoms with van der Waals surface area (Å²) in [6, 6.07) is 8.96. The minimum atomic E-state index is -0.635. The number of thiophene rings is 1. The first-order valence-corrected chi connectivity index (χ1v) is 10.3. The Bertz CT molecular complexity index is 1130. The van der Waals surface area contributed by atoms with E-state index in [1.54, 1.807) is 11.1 Å². The number of carbonyl (C=O) groups is 2. The number of rotatable bonds is 5. The normalized spacial score (nSPS) is 19.0. The lowest BCUT2D eigenvalue weighted by Crippen LogP contribution is -2.35. The maximum absolute atomic E-state index is 13.0. The lowest BCUT2D eigenvalue weighted by molar-refractivity contribution is -0.140. The summed E-state index contributed by atoms with van der Waals surface area (Å²) in [5.41, 5.74) is 2.55. The molecule has 2 aromatic heterocycles. The molecule has 0 radical (unpaired) electrons. The second-order valence-electron chi connectivity index (χ2n) is 7.51. The minimum Gasteiger partial charge on any atom is -0.507 e. The van der Waals surface area contributed by atoms with Crippen LogP contribution in [0.5, 0.6) is 0 Å². The molecule has 2 N–H and O–H groups in total. The summed E-state index contributed by atoms with van der Waals surface area (Å²) in [7, 11) is 3.85. The number of nitrogens with zero attached hydrogens (tertiary/aromatic N) is 2.